The lowest BCUT2D eigenvalue weighted by Crippen LogP contribution is -2.22. The molecule has 0 saturated carbocycles. The molecule has 5 aromatic rings. The zero-order valence-electron chi connectivity index (χ0n) is 22.1. The van der Waals surface area contributed by atoms with Gasteiger partial charge in [-0.2, -0.15) is 5.10 Å². The summed E-state index contributed by atoms with van der Waals surface area (Å²) in [5.41, 5.74) is 6.08. The molecule has 7 heteroatoms. The monoisotopic (exact) mass is 504 g/mol. The van der Waals surface area contributed by atoms with Crippen molar-refractivity contribution in [1.82, 2.24) is 14.8 Å². The maximum Gasteiger partial charge on any atom is 0.324 e. The van der Waals surface area contributed by atoms with Crippen molar-refractivity contribution in [3.05, 3.63) is 108 Å². The van der Waals surface area contributed by atoms with Gasteiger partial charge in [0.1, 0.15) is 5.82 Å². The molecular formula is C31H32N6O. The number of carbonyl (C=O) groups is 1. The van der Waals surface area contributed by atoms with Crippen molar-refractivity contribution in [3.63, 3.8) is 0 Å². The first-order valence-electron chi connectivity index (χ1n) is 12.7. The normalized spacial score (nSPS) is 11.4. The van der Waals surface area contributed by atoms with Crippen LogP contribution >= 0.6 is 0 Å². The number of rotatable bonds is 6. The first-order valence-corrected chi connectivity index (χ1v) is 12.7. The van der Waals surface area contributed by atoms with E-state index in [1.165, 1.54) is 5.56 Å². The highest BCUT2D eigenvalue weighted by Crippen LogP contribution is 2.31. The van der Waals surface area contributed by atoms with E-state index in [4.69, 9.17) is 0 Å². The number of anilines is 3. The van der Waals surface area contributed by atoms with Crippen LogP contribution in [0.4, 0.5) is 22.0 Å². The number of hydrogen-bond donors (Lipinski definition) is 3. The van der Waals surface area contributed by atoms with Gasteiger partial charge in [-0.1, -0.05) is 57.2 Å². The Morgan fingerprint density at radius 2 is 1.55 bits per heavy atom. The number of urea groups is 1. The summed E-state index contributed by atoms with van der Waals surface area (Å²) in [7, 11) is 0. The molecule has 5 rings (SSSR count). The Morgan fingerprint density at radius 1 is 0.842 bits per heavy atom. The van der Waals surface area contributed by atoms with Crippen LogP contribution < -0.4 is 16.0 Å². The van der Waals surface area contributed by atoms with Crippen molar-refractivity contribution in [2.45, 2.75) is 39.7 Å². The van der Waals surface area contributed by atoms with E-state index in [9.17, 15) is 4.79 Å². The van der Waals surface area contributed by atoms with Crippen LogP contribution in [-0.4, -0.2) is 20.8 Å². The Morgan fingerprint density at radius 3 is 2.29 bits per heavy atom. The number of amides is 2. The van der Waals surface area contributed by atoms with Gasteiger partial charge in [0.15, 0.2) is 0 Å². The molecule has 0 aliphatic rings. The van der Waals surface area contributed by atoms with E-state index in [1.807, 2.05) is 55.5 Å². The van der Waals surface area contributed by atoms with Crippen molar-refractivity contribution in [3.8, 4) is 5.69 Å². The average Bonchev–Trinajstić information content (AvgIpc) is 3.36. The van der Waals surface area contributed by atoms with Gasteiger partial charge >= 0.3 is 6.03 Å². The summed E-state index contributed by atoms with van der Waals surface area (Å²) in [6.45, 7) is 9.27. The third-order valence-electron chi connectivity index (χ3n) is 6.59. The molecule has 3 aromatic carbocycles. The summed E-state index contributed by atoms with van der Waals surface area (Å²) < 4.78 is 1.77. The lowest BCUT2D eigenvalue weighted by molar-refractivity contribution is 0.262. The van der Waals surface area contributed by atoms with Gasteiger partial charge in [-0.3, -0.25) is 10.3 Å². The SMILES string of the molecule is Cc1ccc(C(C)(C)C)cc1-n1nccc1NC(=O)Nc1ccc(NCc2ccncc2)c2ccccc12. The summed E-state index contributed by atoms with van der Waals surface area (Å²) >= 11 is 0. The maximum atomic E-state index is 13.1. The highest BCUT2D eigenvalue weighted by Gasteiger charge is 2.18. The molecule has 0 radical (unpaired) electrons. The van der Waals surface area contributed by atoms with E-state index in [1.54, 1.807) is 29.3 Å². The molecular weight excluding hydrogens is 472 g/mol. The summed E-state index contributed by atoms with van der Waals surface area (Å²) in [4.78, 5) is 17.2. The van der Waals surface area contributed by atoms with E-state index in [0.29, 0.717) is 12.4 Å². The third kappa shape index (κ3) is 5.37. The maximum absolute atomic E-state index is 13.1. The minimum absolute atomic E-state index is 0.000942. The van der Waals surface area contributed by atoms with E-state index in [2.05, 4.69) is 65.0 Å². The molecule has 2 amide bonds. The second-order valence-corrected chi connectivity index (χ2v) is 10.4. The Balaban J connectivity index is 1.36. The molecule has 0 aliphatic heterocycles. The summed E-state index contributed by atoms with van der Waals surface area (Å²) in [5.74, 6) is 0.594. The quantitative estimate of drug-likeness (QED) is 0.227. The minimum atomic E-state index is -0.334. The third-order valence-corrected chi connectivity index (χ3v) is 6.59. The van der Waals surface area contributed by atoms with Gasteiger partial charge in [0.25, 0.3) is 0 Å². The van der Waals surface area contributed by atoms with Crippen molar-refractivity contribution in [2.75, 3.05) is 16.0 Å². The molecule has 0 unspecified atom stereocenters. The Hall–Kier alpha value is -4.65. The number of carbonyl (C=O) groups excluding carboxylic acids is 1. The molecule has 7 nitrogen and oxygen atoms in total. The van der Waals surface area contributed by atoms with Crippen molar-refractivity contribution < 1.29 is 4.79 Å². The smallest absolute Gasteiger partial charge is 0.324 e. The van der Waals surface area contributed by atoms with Gasteiger partial charge in [-0.25, -0.2) is 9.48 Å². The zero-order valence-corrected chi connectivity index (χ0v) is 22.1. The van der Waals surface area contributed by atoms with E-state index in [0.717, 1.165) is 39.0 Å². The predicted molar refractivity (Wildman–Crippen MR) is 155 cm³/mol. The highest BCUT2D eigenvalue weighted by molar-refractivity contribution is 6.09. The number of nitrogens with zero attached hydrogens (tertiary/aromatic N) is 3. The van der Waals surface area contributed by atoms with Gasteiger partial charge < -0.3 is 10.6 Å². The van der Waals surface area contributed by atoms with Gasteiger partial charge in [0.05, 0.1) is 17.6 Å². The molecule has 38 heavy (non-hydrogen) atoms. The number of hydrogen-bond acceptors (Lipinski definition) is 4. The van der Waals surface area contributed by atoms with Gasteiger partial charge in [-0.15, -0.1) is 0 Å². The van der Waals surface area contributed by atoms with Crippen molar-refractivity contribution >= 4 is 34.0 Å². The van der Waals surface area contributed by atoms with Gasteiger partial charge in [-0.05, 0) is 59.4 Å². The fourth-order valence-corrected chi connectivity index (χ4v) is 4.42. The molecule has 0 saturated heterocycles. The van der Waals surface area contributed by atoms with Crippen LogP contribution in [0, 0.1) is 6.92 Å². The molecule has 3 N–H and O–H groups in total. The van der Waals surface area contributed by atoms with E-state index >= 15 is 0 Å². The highest BCUT2D eigenvalue weighted by atomic mass is 16.2. The number of fused-ring (bicyclic) bond motifs is 1. The molecule has 0 spiro atoms. The molecule has 0 bridgehead atoms. The lowest BCUT2D eigenvalue weighted by Gasteiger charge is -2.21. The minimum Gasteiger partial charge on any atom is -0.380 e. The van der Waals surface area contributed by atoms with Crippen LogP contribution in [0.1, 0.15) is 37.5 Å². The molecule has 2 aromatic heterocycles. The number of nitrogens with one attached hydrogen (secondary N) is 3. The standard InChI is InChI=1S/C31H32N6O/c1-21-9-10-23(31(2,3)4)19-28(21)37-29(15-18-34-37)36-30(38)35-27-12-11-26(24-7-5-6-8-25(24)27)33-20-22-13-16-32-17-14-22/h5-19,33H,20H2,1-4H3,(H2,35,36,38). The van der Waals surface area contributed by atoms with Crippen molar-refractivity contribution in [2.24, 2.45) is 0 Å². The molecule has 0 atom stereocenters. The Bertz CT molecular complexity index is 1580. The van der Waals surface area contributed by atoms with Gasteiger partial charge in [0.2, 0.25) is 0 Å². The summed E-state index contributed by atoms with van der Waals surface area (Å²) in [6.07, 6.45) is 5.27. The number of benzene rings is 3. The van der Waals surface area contributed by atoms with Crippen LogP contribution in [0.5, 0.6) is 0 Å². The second-order valence-electron chi connectivity index (χ2n) is 10.4. The van der Waals surface area contributed by atoms with Crippen LogP contribution in [0.2, 0.25) is 0 Å². The fourth-order valence-electron chi connectivity index (χ4n) is 4.42. The lowest BCUT2D eigenvalue weighted by atomic mass is 9.86. The van der Waals surface area contributed by atoms with E-state index in [-0.39, 0.29) is 11.4 Å². The largest absolute Gasteiger partial charge is 0.380 e. The first kappa shape index (κ1) is 25.0. The van der Waals surface area contributed by atoms with E-state index < -0.39 is 0 Å². The first-order chi connectivity index (χ1) is 18.3. The zero-order chi connectivity index (χ0) is 26.7. The Labute approximate surface area is 222 Å². The second kappa shape index (κ2) is 10.4. The Kier molecular flexibility index (Phi) is 6.83. The molecule has 0 fully saturated rings. The van der Waals surface area contributed by atoms with Crippen LogP contribution in [0.3, 0.4) is 0 Å². The number of pyridine rings is 1. The average molecular weight is 505 g/mol. The number of aryl methyl sites for hydroxylation is 1. The molecule has 2 heterocycles. The topological polar surface area (TPSA) is 83.9 Å². The molecule has 192 valence electrons. The fraction of sp³-hybridized carbons (Fsp3) is 0.194. The predicted octanol–water partition coefficient (Wildman–Crippen LogP) is 7.28. The van der Waals surface area contributed by atoms with Crippen molar-refractivity contribution in [1.29, 1.82) is 0 Å². The summed E-state index contributed by atoms with van der Waals surface area (Å²) in [6, 6.07) is 23.7. The molecule has 0 aliphatic carbocycles. The summed E-state index contributed by atoms with van der Waals surface area (Å²) in [5, 5.41) is 16.0. The van der Waals surface area contributed by atoms with Crippen LogP contribution in [0.15, 0.2) is 91.4 Å². The van der Waals surface area contributed by atoms with Gasteiger partial charge in [0, 0.05) is 41.5 Å². The van der Waals surface area contributed by atoms with Crippen LogP contribution in [-0.2, 0) is 12.0 Å². The number of aromatic nitrogens is 3. The van der Waals surface area contributed by atoms with Crippen LogP contribution in [0.25, 0.3) is 16.5 Å².